The van der Waals surface area contributed by atoms with Crippen molar-refractivity contribution in [2.45, 2.75) is 6.92 Å². The second kappa shape index (κ2) is 4.87. The average molecular weight is 159 g/mol. The van der Waals surface area contributed by atoms with Crippen molar-refractivity contribution in [1.29, 1.82) is 0 Å². The van der Waals surface area contributed by atoms with Gasteiger partial charge in [0.2, 0.25) is 0 Å². The Morgan fingerprint density at radius 2 is 2.09 bits per heavy atom. The van der Waals surface area contributed by atoms with Crippen LogP contribution in [0, 0.1) is 0 Å². The molecule has 0 aliphatic heterocycles. The van der Waals surface area contributed by atoms with Gasteiger partial charge in [-0.15, -0.1) is 0 Å². The second-order valence-electron chi connectivity index (χ2n) is 2.21. The fraction of sp³-hybridized carbons (Fsp3) is 0.571. The lowest BCUT2D eigenvalue weighted by Crippen LogP contribution is -2.34. The predicted octanol–water partition coefficient (Wildman–Crippen LogP) is -0.667. The second-order valence-corrected chi connectivity index (χ2v) is 2.21. The minimum Gasteiger partial charge on any atom is -0.395 e. The number of hydrogen-bond acceptors (Lipinski definition) is 3. The fourth-order valence-corrected chi connectivity index (χ4v) is 0.627. The summed E-state index contributed by atoms with van der Waals surface area (Å²) in [6.45, 7) is 4.59. The molecule has 0 bridgehead atoms. The summed E-state index contributed by atoms with van der Waals surface area (Å²) >= 11 is 0. The lowest BCUT2D eigenvalue weighted by molar-refractivity contribution is -0.131. The molecule has 0 saturated carbocycles. The van der Waals surface area contributed by atoms with Gasteiger partial charge in [-0.25, -0.2) is 0 Å². The van der Waals surface area contributed by atoms with Crippen LogP contribution in [0.3, 0.4) is 0 Å². The van der Waals surface area contributed by atoms with E-state index in [0.29, 0.717) is 5.57 Å². The van der Waals surface area contributed by atoms with Gasteiger partial charge in [0.15, 0.2) is 0 Å². The van der Waals surface area contributed by atoms with Gasteiger partial charge in [0.25, 0.3) is 5.91 Å². The molecule has 0 atom stereocenters. The summed E-state index contributed by atoms with van der Waals surface area (Å²) in [5.74, 6) is -0.332. The molecule has 0 saturated heterocycles. The predicted molar refractivity (Wildman–Crippen MR) is 40.7 cm³/mol. The standard InChI is InChI=1S/C7H13NO3/c1-6(2)7(11)8(5-10)3-4-9/h9-10H,1,3-5H2,2H3. The first-order chi connectivity index (χ1) is 5.13. The van der Waals surface area contributed by atoms with Gasteiger partial charge in [0.1, 0.15) is 6.73 Å². The molecule has 4 heteroatoms. The van der Waals surface area contributed by atoms with Gasteiger partial charge in [-0.2, -0.15) is 0 Å². The summed E-state index contributed by atoms with van der Waals surface area (Å²) in [5.41, 5.74) is 0.354. The highest BCUT2D eigenvalue weighted by Gasteiger charge is 2.10. The zero-order valence-corrected chi connectivity index (χ0v) is 6.58. The highest BCUT2D eigenvalue weighted by atomic mass is 16.3. The monoisotopic (exact) mass is 159 g/mol. The normalized spacial score (nSPS) is 9.36. The van der Waals surface area contributed by atoms with Crippen LogP contribution in [0.2, 0.25) is 0 Å². The first kappa shape index (κ1) is 10.1. The van der Waals surface area contributed by atoms with Crippen LogP contribution >= 0.6 is 0 Å². The highest BCUT2D eigenvalue weighted by Crippen LogP contribution is 1.96. The van der Waals surface area contributed by atoms with Crippen molar-refractivity contribution in [3.63, 3.8) is 0 Å². The van der Waals surface area contributed by atoms with E-state index >= 15 is 0 Å². The minimum atomic E-state index is -0.383. The molecule has 2 N–H and O–H groups in total. The Bertz CT molecular complexity index is 156. The molecule has 0 spiro atoms. The topological polar surface area (TPSA) is 60.8 Å². The molecule has 0 aromatic heterocycles. The summed E-state index contributed by atoms with van der Waals surface area (Å²) < 4.78 is 0. The molecule has 0 fully saturated rings. The SMILES string of the molecule is C=C(C)C(=O)N(CO)CCO. The maximum absolute atomic E-state index is 11.0. The zero-order valence-electron chi connectivity index (χ0n) is 6.58. The first-order valence-corrected chi connectivity index (χ1v) is 3.30. The van der Waals surface area contributed by atoms with E-state index in [4.69, 9.17) is 10.2 Å². The third-order valence-corrected chi connectivity index (χ3v) is 1.19. The number of amides is 1. The van der Waals surface area contributed by atoms with E-state index in [1.807, 2.05) is 0 Å². The van der Waals surface area contributed by atoms with E-state index in [9.17, 15) is 4.79 Å². The van der Waals surface area contributed by atoms with Gasteiger partial charge in [-0.1, -0.05) is 6.58 Å². The Kier molecular flexibility index (Phi) is 4.49. The number of aliphatic hydroxyl groups excluding tert-OH is 2. The maximum Gasteiger partial charge on any atom is 0.250 e. The summed E-state index contributed by atoms with van der Waals surface area (Å²) in [6, 6.07) is 0. The number of aliphatic hydroxyl groups is 2. The lowest BCUT2D eigenvalue weighted by Gasteiger charge is -2.18. The number of rotatable bonds is 4. The number of carbonyl (C=O) groups excluding carboxylic acids is 1. The number of nitrogens with zero attached hydrogens (tertiary/aromatic N) is 1. The van der Waals surface area contributed by atoms with Crippen molar-refractivity contribution in [3.05, 3.63) is 12.2 Å². The van der Waals surface area contributed by atoms with Crippen LogP contribution in [0.4, 0.5) is 0 Å². The smallest absolute Gasteiger partial charge is 0.250 e. The Morgan fingerprint density at radius 1 is 1.55 bits per heavy atom. The summed E-state index contributed by atoms with van der Waals surface area (Å²) in [5, 5.41) is 17.1. The van der Waals surface area contributed by atoms with Crippen LogP contribution < -0.4 is 0 Å². The average Bonchev–Trinajstić information content (AvgIpc) is 1.98. The Hall–Kier alpha value is -0.870. The molecule has 64 valence electrons. The van der Waals surface area contributed by atoms with E-state index in [2.05, 4.69) is 6.58 Å². The van der Waals surface area contributed by atoms with Gasteiger partial charge in [0.05, 0.1) is 6.61 Å². The molecule has 0 aromatic rings. The third-order valence-electron chi connectivity index (χ3n) is 1.19. The Labute approximate surface area is 65.7 Å². The summed E-state index contributed by atoms with van der Waals surface area (Å²) in [7, 11) is 0. The summed E-state index contributed by atoms with van der Waals surface area (Å²) in [4.78, 5) is 12.1. The maximum atomic E-state index is 11.0. The fourth-order valence-electron chi connectivity index (χ4n) is 0.627. The number of carbonyl (C=O) groups is 1. The molecular formula is C7H13NO3. The van der Waals surface area contributed by atoms with Crippen LogP contribution in [0.15, 0.2) is 12.2 Å². The van der Waals surface area contributed by atoms with Gasteiger partial charge >= 0.3 is 0 Å². The molecule has 0 rings (SSSR count). The zero-order chi connectivity index (χ0) is 8.85. The van der Waals surface area contributed by atoms with Gasteiger partial charge < -0.3 is 15.1 Å². The largest absolute Gasteiger partial charge is 0.395 e. The molecule has 0 radical (unpaired) electrons. The molecule has 0 aromatic carbocycles. The van der Waals surface area contributed by atoms with E-state index in [0.717, 1.165) is 4.90 Å². The van der Waals surface area contributed by atoms with Crippen molar-refractivity contribution < 1.29 is 15.0 Å². The molecular weight excluding hydrogens is 146 g/mol. The third kappa shape index (κ3) is 3.15. The number of hydrogen-bond donors (Lipinski definition) is 2. The van der Waals surface area contributed by atoms with Crippen molar-refractivity contribution >= 4 is 5.91 Å². The highest BCUT2D eigenvalue weighted by molar-refractivity contribution is 5.92. The Balaban J connectivity index is 4.02. The molecule has 0 unspecified atom stereocenters. The quantitative estimate of drug-likeness (QED) is 0.422. The van der Waals surface area contributed by atoms with Crippen LogP contribution in [-0.4, -0.2) is 40.9 Å². The molecule has 0 aliphatic carbocycles. The molecule has 1 amide bonds. The first-order valence-electron chi connectivity index (χ1n) is 3.30. The molecule has 0 heterocycles. The van der Waals surface area contributed by atoms with Crippen molar-refractivity contribution in [3.8, 4) is 0 Å². The van der Waals surface area contributed by atoms with Gasteiger partial charge in [-0.3, -0.25) is 4.79 Å². The van der Waals surface area contributed by atoms with Crippen molar-refractivity contribution in [2.75, 3.05) is 19.9 Å². The lowest BCUT2D eigenvalue weighted by atomic mass is 10.3. The molecule has 11 heavy (non-hydrogen) atoms. The van der Waals surface area contributed by atoms with E-state index < -0.39 is 0 Å². The Morgan fingerprint density at radius 3 is 2.36 bits per heavy atom. The molecule has 0 aliphatic rings. The van der Waals surface area contributed by atoms with E-state index in [1.165, 1.54) is 0 Å². The van der Waals surface area contributed by atoms with E-state index in [1.54, 1.807) is 6.92 Å². The van der Waals surface area contributed by atoms with E-state index in [-0.39, 0.29) is 25.8 Å². The molecule has 4 nitrogen and oxygen atoms in total. The van der Waals surface area contributed by atoms with Crippen LogP contribution in [0.25, 0.3) is 0 Å². The van der Waals surface area contributed by atoms with Gasteiger partial charge in [-0.05, 0) is 6.92 Å². The van der Waals surface area contributed by atoms with Crippen LogP contribution in [0.1, 0.15) is 6.92 Å². The van der Waals surface area contributed by atoms with Crippen LogP contribution in [0.5, 0.6) is 0 Å². The van der Waals surface area contributed by atoms with Crippen molar-refractivity contribution in [2.24, 2.45) is 0 Å². The van der Waals surface area contributed by atoms with Crippen molar-refractivity contribution in [1.82, 2.24) is 4.90 Å². The minimum absolute atomic E-state index is 0.141. The summed E-state index contributed by atoms with van der Waals surface area (Å²) in [6.07, 6.45) is 0. The van der Waals surface area contributed by atoms with Crippen LogP contribution in [-0.2, 0) is 4.79 Å². The van der Waals surface area contributed by atoms with Gasteiger partial charge in [0, 0.05) is 12.1 Å².